The lowest BCUT2D eigenvalue weighted by Gasteiger charge is -2.09. The van der Waals surface area contributed by atoms with Crippen molar-refractivity contribution in [1.82, 2.24) is 0 Å². The van der Waals surface area contributed by atoms with E-state index in [4.69, 9.17) is 10.8 Å². The van der Waals surface area contributed by atoms with Crippen molar-refractivity contribution >= 4 is 33.0 Å². The molecule has 0 unspecified atom stereocenters. The average Bonchev–Trinajstić information content (AvgIpc) is 2.25. The summed E-state index contributed by atoms with van der Waals surface area (Å²) in [7, 11) is 0. The second-order valence-electron chi connectivity index (χ2n) is 3.40. The van der Waals surface area contributed by atoms with E-state index in [-0.39, 0.29) is 5.75 Å². The number of phenolic OH excluding ortho intramolecular Hbond substituents is 1. The Morgan fingerprint density at radius 3 is 2.38 bits per heavy atom. The highest BCUT2D eigenvalue weighted by atomic mass is 79.9. The van der Waals surface area contributed by atoms with Gasteiger partial charge < -0.3 is 16.2 Å². The van der Waals surface area contributed by atoms with Crippen molar-refractivity contribution in [3.8, 4) is 5.75 Å². The number of nitrogens with one attached hydrogen (secondary N) is 1. The summed E-state index contributed by atoms with van der Waals surface area (Å²) in [4.78, 5) is 0. The molecule has 16 heavy (non-hydrogen) atoms. The first kappa shape index (κ1) is 10.8. The maximum Gasteiger partial charge on any atom is 0.115 e. The molecule has 0 radical (unpaired) electrons. The fraction of sp³-hybridized carbons (Fsp3) is 0. The summed E-state index contributed by atoms with van der Waals surface area (Å²) in [5, 5.41) is 12.3. The number of nitrogens with two attached hydrogens (primary N) is 1. The minimum atomic E-state index is 0.245. The molecule has 0 saturated carbocycles. The molecule has 0 aliphatic carbocycles. The van der Waals surface area contributed by atoms with E-state index in [9.17, 15) is 0 Å². The van der Waals surface area contributed by atoms with Crippen LogP contribution < -0.4 is 11.1 Å². The lowest BCUT2D eigenvalue weighted by Crippen LogP contribution is -1.95. The first-order valence-electron chi connectivity index (χ1n) is 4.76. The van der Waals surface area contributed by atoms with Gasteiger partial charge in [0.25, 0.3) is 0 Å². The van der Waals surface area contributed by atoms with Gasteiger partial charge in [-0.15, -0.1) is 0 Å². The smallest absolute Gasteiger partial charge is 0.115 e. The van der Waals surface area contributed by atoms with Gasteiger partial charge in [-0.2, -0.15) is 0 Å². The largest absolute Gasteiger partial charge is 0.508 e. The summed E-state index contributed by atoms with van der Waals surface area (Å²) in [5.74, 6) is 0.245. The predicted molar refractivity (Wildman–Crippen MR) is 69.9 cm³/mol. The number of rotatable bonds is 2. The molecule has 4 N–H and O–H groups in total. The van der Waals surface area contributed by atoms with Crippen molar-refractivity contribution in [2.45, 2.75) is 0 Å². The summed E-state index contributed by atoms with van der Waals surface area (Å²) in [5.41, 5.74) is 8.25. The van der Waals surface area contributed by atoms with E-state index >= 15 is 0 Å². The van der Waals surface area contributed by atoms with Gasteiger partial charge in [-0.05, 0) is 42.5 Å². The quantitative estimate of drug-likeness (QED) is 0.582. The maximum atomic E-state index is 9.16. The fourth-order valence-corrected chi connectivity index (χ4v) is 1.73. The third kappa shape index (κ3) is 2.46. The maximum absolute atomic E-state index is 9.16. The monoisotopic (exact) mass is 278 g/mol. The topological polar surface area (TPSA) is 58.3 Å². The Labute approximate surface area is 102 Å². The third-order valence-corrected chi connectivity index (χ3v) is 2.65. The molecule has 2 aromatic carbocycles. The Kier molecular flexibility index (Phi) is 3.01. The van der Waals surface area contributed by atoms with E-state index in [1.54, 1.807) is 24.3 Å². The Balaban J connectivity index is 2.23. The minimum Gasteiger partial charge on any atom is -0.508 e. The van der Waals surface area contributed by atoms with Crippen molar-refractivity contribution in [3.63, 3.8) is 0 Å². The molecular weight excluding hydrogens is 268 g/mol. The molecule has 82 valence electrons. The Morgan fingerprint density at radius 2 is 1.75 bits per heavy atom. The van der Waals surface area contributed by atoms with E-state index in [1.807, 2.05) is 18.2 Å². The molecule has 0 atom stereocenters. The van der Waals surface area contributed by atoms with Gasteiger partial charge in [-0.25, -0.2) is 0 Å². The molecule has 0 saturated heterocycles. The molecule has 0 bridgehead atoms. The number of nitrogen functional groups attached to an aromatic ring is 1. The van der Waals surface area contributed by atoms with Crippen LogP contribution in [0.3, 0.4) is 0 Å². The molecule has 2 rings (SSSR count). The van der Waals surface area contributed by atoms with Crippen molar-refractivity contribution < 1.29 is 5.11 Å². The number of hydrogen-bond acceptors (Lipinski definition) is 3. The highest BCUT2D eigenvalue weighted by Crippen LogP contribution is 2.26. The standard InChI is InChI=1S/C12H11BrN2O/c13-8-1-6-12(11(14)7-8)15-9-2-4-10(16)5-3-9/h1-7,15-16H,14H2. The van der Waals surface area contributed by atoms with Gasteiger partial charge in [0, 0.05) is 10.2 Å². The highest BCUT2D eigenvalue weighted by molar-refractivity contribution is 9.10. The van der Waals surface area contributed by atoms with Crippen LogP contribution in [0.5, 0.6) is 5.75 Å². The molecule has 0 aliphatic heterocycles. The van der Waals surface area contributed by atoms with Gasteiger partial charge in [-0.3, -0.25) is 0 Å². The van der Waals surface area contributed by atoms with Crippen LogP contribution in [0.1, 0.15) is 0 Å². The second-order valence-corrected chi connectivity index (χ2v) is 4.32. The number of phenols is 1. The Morgan fingerprint density at radius 1 is 1.06 bits per heavy atom. The third-order valence-electron chi connectivity index (χ3n) is 2.16. The highest BCUT2D eigenvalue weighted by Gasteiger charge is 2.00. The first-order valence-corrected chi connectivity index (χ1v) is 5.55. The van der Waals surface area contributed by atoms with Gasteiger partial charge in [0.05, 0.1) is 11.4 Å². The molecule has 0 amide bonds. The zero-order chi connectivity index (χ0) is 11.5. The van der Waals surface area contributed by atoms with Crippen LogP contribution in [0, 0.1) is 0 Å². The lowest BCUT2D eigenvalue weighted by atomic mass is 10.2. The number of anilines is 3. The zero-order valence-corrected chi connectivity index (χ0v) is 10.0. The molecule has 0 aliphatic rings. The summed E-state index contributed by atoms with van der Waals surface area (Å²) < 4.78 is 0.946. The van der Waals surface area contributed by atoms with Gasteiger partial charge in [0.15, 0.2) is 0 Å². The van der Waals surface area contributed by atoms with Crippen LogP contribution in [-0.2, 0) is 0 Å². The first-order chi connectivity index (χ1) is 7.65. The van der Waals surface area contributed by atoms with Crippen molar-refractivity contribution in [1.29, 1.82) is 0 Å². The van der Waals surface area contributed by atoms with E-state index in [1.165, 1.54) is 0 Å². The Bertz CT molecular complexity index is 497. The van der Waals surface area contributed by atoms with Gasteiger partial charge in [-0.1, -0.05) is 15.9 Å². The molecule has 0 spiro atoms. The number of hydrogen-bond donors (Lipinski definition) is 3. The van der Waals surface area contributed by atoms with E-state index in [0.717, 1.165) is 15.8 Å². The molecule has 0 fully saturated rings. The zero-order valence-electron chi connectivity index (χ0n) is 8.44. The van der Waals surface area contributed by atoms with Crippen LogP contribution in [0.15, 0.2) is 46.9 Å². The molecule has 0 aromatic heterocycles. The number of benzene rings is 2. The summed E-state index contributed by atoms with van der Waals surface area (Å²) >= 11 is 3.35. The summed E-state index contributed by atoms with van der Waals surface area (Å²) in [6, 6.07) is 12.5. The van der Waals surface area contributed by atoms with Crippen molar-refractivity contribution in [3.05, 3.63) is 46.9 Å². The average molecular weight is 279 g/mol. The lowest BCUT2D eigenvalue weighted by molar-refractivity contribution is 0.475. The van der Waals surface area contributed by atoms with Crippen LogP contribution in [0.2, 0.25) is 0 Å². The summed E-state index contributed by atoms with van der Waals surface area (Å²) in [6.07, 6.45) is 0. The fourth-order valence-electron chi connectivity index (χ4n) is 1.35. The Hall–Kier alpha value is -1.68. The second kappa shape index (κ2) is 4.45. The molecule has 2 aromatic rings. The van der Waals surface area contributed by atoms with E-state index in [0.29, 0.717) is 5.69 Å². The van der Waals surface area contributed by atoms with E-state index < -0.39 is 0 Å². The normalized spacial score (nSPS) is 10.1. The van der Waals surface area contributed by atoms with Crippen LogP contribution >= 0.6 is 15.9 Å². The van der Waals surface area contributed by atoms with Crippen LogP contribution in [-0.4, -0.2) is 5.11 Å². The number of halogens is 1. The molecule has 3 nitrogen and oxygen atoms in total. The molecule has 0 heterocycles. The van der Waals surface area contributed by atoms with Gasteiger partial charge in [0.2, 0.25) is 0 Å². The van der Waals surface area contributed by atoms with Crippen molar-refractivity contribution in [2.75, 3.05) is 11.1 Å². The molecule has 4 heteroatoms. The van der Waals surface area contributed by atoms with Crippen molar-refractivity contribution in [2.24, 2.45) is 0 Å². The minimum absolute atomic E-state index is 0.245. The van der Waals surface area contributed by atoms with Crippen LogP contribution in [0.25, 0.3) is 0 Å². The SMILES string of the molecule is Nc1cc(Br)ccc1Nc1ccc(O)cc1. The van der Waals surface area contributed by atoms with E-state index in [2.05, 4.69) is 21.2 Å². The molecular formula is C12H11BrN2O. The predicted octanol–water partition coefficient (Wildman–Crippen LogP) is 3.48. The van der Waals surface area contributed by atoms with Crippen LogP contribution in [0.4, 0.5) is 17.1 Å². The van der Waals surface area contributed by atoms with Gasteiger partial charge in [0.1, 0.15) is 5.75 Å². The van der Waals surface area contributed by atoms with Gasteiger partial charge >= 0.3 is 0 Å². The summed E-state index contributed by atoms with van der Waals surface area (Å²) in [6.45, 7) is 0. The number of aromatic hydroxyl groups is 1.